The molecule has 6 heteroatoms. The number of nitrogens with one attached hydrogen (secondary N) is 2. The van der Waals surface area contributed by atoms with Crippen molar-refractivity contribution in [2.45, 2.75) is 25.7 Å². The van der Waals surface area contributed by atoms with Gasteiger partial charge < -0.3 is 5.32 Å². The van der Waals surface area contributed by atoms with E-state index >= 15 is 0 Å². The maximum Gasteiger partial charge on any atom is 0.263 e. The number of aromatic nitrogens is 1. The number of aryl methyl sites for hydroxylation is 3. The topological polar surface area (TPSA) is 71.1 Å². The minimum Gasteiger partial charge on any atom is -0.354 e. The molecule has 0 bridgehead atoms. The lowest BCUT2D eigenvalue weighted by Gasteiger charge is -2.11. The minimum atomic E-state index is -3.66. The summed E-state index contributed by atoms with van der Waals surface area (Å²) in [7, 11) is -3.66. The van der Waals surface area contributed by atoms with Gasteiger partial charge in [0.2, 0.25) is 0 Å². The first kappa shape index (κ1) is 17.9. The molecule has 3 rings (SSSR count). The third-order valence-corrected chi connectivity index (χ3v) is 5.57. The van der Waals surface area contributed by atoms with Gasteiger partial charge in [-0.1, -0.05) is 24.3 Å². The smallest absolute Gasteiger partial charge is 0.263 e. The predicted molar refractivity (Wildman–Crippen MR) is 105 cm³/mol. The van der Waals surface area contributed by atoms with Crippen LogP contribution in [0.2, 0.25) is 0 Å². The van der Waals surface area contributed by atoms with Gasteiger partial charge in [-0.05, 0) is 67.8 Å². The lowest BCUT2D eigenvalue weighted by molar-refractivity contribution is 0.601. The van der Waals surface area contributed by atoms with Crippen LogP contribution in [0.5, 0.6) is 0 Å². The third-order valence-electron chi connectivity index (χ3n) is 4.22. The van der Waals surface area contributed by atoms with Crippen LogP contribution >= 0.6 is 0 Å². The van der Waals surface area contributed by atoms with Gasteiger partial charge in [0.25, 0.3) is 10.0 Å². The van der Waals surface area contributed by atoms with E-state index in [1.54, 1.807) is 36.5 Å². The van der Waals surface area contributed by atoms with Crippen LogP contribution in [-0.4, -0.2) is 13.4 Å². The summed E-state index contributed by atoms with van der Waals surface area (Å²) < 4.78 is 27.6. The van der Waals surface area contributed by atoms with Gasteiger partial charge in [0, 0.05) is 5.69 Å². The third kappa shape index (κ3) is 4.03. The lowest BCUT2D eigenvalue weighted by atomic mass is 10.1. The molecular weight excluding hydrogens is 346 g/mol. The average molecular weight is 367 g/mol. The maximum atomic E-state index is 12.5. The first-order chi connectivity index (χ1) is 12.3. The molecule has 1 aromatic heterocycles. The van der Waals surface area contributed by atoms with Gasteiger partial charge in [0.05, 0.1) is 16.8 Å². The lowest BCUT2D eigenvalue weighted by Crippen LogP contribution is -2.14. The molecule has 0 saturated carbocycles. The second kappa shape index (κ2) is 7.17. The predicted octanol–water partition coefficient (Wildman–Crippen LogP) is 4.55. The van der Waals surface area contributed by atoms with Crippen molar-refractivity contribution in [2.24, 2.45) is 0 Å². The standard InChI is InChI=1S/C20H21N3O2S/c1-14-8-10-18(12-16(14)3)26(24,25)23-20-11-9-17(13-21-20)22-19-7-5-4-6-15(19)2/h4-13,22H,1-3H3,(H,21,23). The number of sulfonamides is 1. The number of anilines is 3. The molecule has 5 nitrogen and oxygen atoms in total. The molecule has 0 unspecified atom stereocenters. The monoisotopic (exact) mass is 367 g/mol. The highest BCUT2D eigenvalue weighted by Crippen LogP contribution is 2.22. The maximum absolute atomic E-state index is 12.5. The van der Waals surface area contributed by atoms with E-state index in [0.29, 0.717) is 0 Å². The summed E-state index contributed by atoms with van der Waals surface area (Å²) in [6.45, 7) is 5.85. The average Bonchev–Trinajstić information content (AvgIpc) is 2.60. The van der Waals surface area contributed by atoms with Crippen LogP contribution in [-0.2, 0) is 10.0 Å². The summed E-state index contributed by atoms with van der Waals surface area (Å²) in [5.41, 5.74) is 4.87. The fraction of sp³-hybridized carbons (Fsp3) is 0.150. The van der Waals surface area contributed by atoms with Gasteiger partial charge in [0.1, 0.15) is 5.82 Å². The fourth-order valence-corrected chi connectivity index (χ4v) is 3.57. The highest BCUT2D eigenvalue weighted by Gasteiger charge is 2.15. The number of para-hydroxylation sites is 1. The summed E-state index contributed by atoms with van der Waals surface area (Å²) in [5, 5.41) is 3.27. The van der Waals surface area contributed by atoms with Gasteiger partial charge in [-0.15, -0.1) is 0 Å². The Morgan fingerprint density at radius 2 is 1.62 bits per heavy atom. The Morgan fingerprint density at radius 3 is 2.27 bits per heavy atom. The molecule has 0 atom stereocenters. The highest BCUT2D eigenvalue weighted by atomic mass is 32.2. The van der Waals surface area contributed by atoms with Crippen LogP contribution in [0.3, 0.4) is 0 Å². The van der Waals surface area contributed by atoms with E-state index in [1.807, 2.05) is 45.0 Å². The molecule has 0 aliphatic rings. The molecule has 0 fully saturated rings. The second-order valence-corrected chi connectivity index (χ2v) is 7.91. The van der Waals surface area contributed by atoms with E-state index in [9.17, 15) is 8.42 Å². The largest absolute Gasteiger partial charge is 0.354 e. The van der Waals surface area contributed by atoms with Crippen molar-refractivity contribution in [2.75, 3.05) is 10.0 Å². The molecular formula is C20H21N3O2S. The summed E-state index contributed by atoms with van der Waals surface area (Å²) in [4.78, 5) is 4.43. The summed E-state index contributed by atoms with van der Waals surface area (Å²) in [6, 6.07) is 16.4. The van der Waals surface area contributed by atoms with Crippen molar-refractivity contribution < 1.29 is 8.42 Å². The van der Waals surface area contributed by atoms with Crippen molar-refractivity contribution in [1.82, 2.24) is 4.98 Å². The van der Waals surface area contributed by atoms with Crippen molar-refractivity contribution in [3.63, 3.8) is 0 Å². The van der Waals surface area contributed by atoms with Crippen LogP contribution in [0, 0.1) is 20.8 Å². The zero-order valence-electron chi connectivity index (χ0n) is 14.9. The van der Waals surface area contributed by atoms with E-state index in [-0.39, 0.29) is 10.7 Å². The molecule has 26 heavy (non-hydrogen) atoms. The zero-order valence-corrected chi connectivity index (χ0v) is 15.8. The molecule has 0 aliphatic heterocycles. The Labute approximate surface area is 154 Å². The normalized spacial score (nSPS) is 11.2. The van der Waals surface area contributed by atoms with Gasteiger partial charge in [0.15, 0.2) is 0 Å². The highest BCUT2D eigenvalue weighted by molar-refractivity contribution is 7.92. The zero-order chi connectivity index (χ0) is 18.7. The van der Waals surface area contributed by atoms with Gasteiger partial charge in [-0.2, -0.15) is 0 Å². The number of nitrogens with zero attached hydrogens (tertiary/aromatic N) is 1. The first-order valence-corrected chi connectivity index (χ1v) is 9.72. The first-order valence-electron chi connectivity index (χ1n) is 8.24. The number of hydrogen-bond donors (Lipinski definition) is 2. The number of hydrogen-bond acceptors (Lipinski definition) is 4. The van der Waals surface area contributed by atoms with E-state index < -0.39 is 10.0 Å². The molecule has 0 aliphatic carbocycles. The fourth-order valence-electron chi connectivity index (χ4n) is 2.47. The molecule has 134 valence electrons. The van der Waals surface area contributed by atoms with Gasteiger partial charge >= 0.3 is 0 Å². The van der Waals surface area contributed by atoms with E-state index in [2.05, 4.69) is 15.0 Å². The van der Waals surface area contributed by atoms with Gasteiger partial charge in [-0.25, -0.2) is 13.4 Å². The molecule has 0 radical (unpaired) electrons. The Kier molecular flexibility index (Phi) is 4.95. The van der Waals surface area contributed by atoms with Crippen LogP contribution in [0.25, 0.3) is 0 Å². The molecule has 0 saturated heterocycles. The Bertz CT molecular complexity index is 1030. The summed E-state index contributed by atoms with van der Waals surface area (Å²) in [5.74, 6) is 0.276. The van der Waals surface area contributed by atoms with Gasteiger partial charge in [-0.3, -0.25) is 4.72 Å². The van der Waals surface area contributed by atoms with E-state index in [0.717, 1.165) is 28.1 Å². The van der Waals surface area contributed by atoms with Crippen molar-refractivity contribution in [3.05, 3.63) is 77.5 Å². The SMILES string of the molecule is Cc1ccc(S(=O)(=O)Nc2ccc(Nc3ccccc3C)cn2)cc1C. The van der Waals surface area contributed by atoms with E-state index in [1.165, 1.54) is 0 Å². The summed E-state index contributed by atoms with van der Waals surface area (Å²) in [6.07, 6.45) is 1.60. The molecule has 0 amide bonds. The summed E-state index contributed by atoms with van der Waals surface area (Å²) >= 11 is 0. The number of benzene rings is 2. The number of rotatable bonds is 5. The van der Waals surface area contributed by atoms with Crippen molar-refractivity contribution in [1.29, 1.82) is 0 Å². The number of pyridine rings is 1. The molecule has 0 spiro atoms. The van der Waals surface area contributed by atoms with Crippen LogP contribution < -0.4 is 10.0 Å². The van der Waals surface area contributed by atoms with Crippen molar-refractivity contribution >= 4 is 27.2 Å². The molecule has 2 aromatic carbocycles. The van der Waals surface area contributed by atoms with Crippen LogP contribution in [0.1, 0.15) is 16.7 Å². The molecule has 2 N–H and O–H groups in total. The Hall–Kier alpha value is -2.86. The van der Waals surface area contributed by atoms with Crippen LogP contribution in [0.4, 0.5) is 17.2 Å². The van der Waals surface area contributed by atoms with E-state index in [4.69, 9.17) is 0 Å². The quantitative estimate of drug-likeness (QED) is 0.694. The molecule has 1 heterocycles. The Morgan fingerprint density at radius 1 is 0.846 bits per heavy atom. The second-order valence-electron chi connectivity index (χ2n) is 6.22. The minimum absolute atomic E-state index is 0.226. The molecule has 3 aromatic rings. The Balaban J connectivity index is 1.76. The van der Waals surface area contributed by atoms with Crippen molar-refractivity contribution in [3.8, 4) is 0 Å². The van der Waals surface area contributed by atoms with Crippen LogP contribution in [0.15, 0.2) is 65.7 Å².